The van der Waals surface area contributed by atoms with Crippen molar-refractivity contribution in [2.24, 2.45) is 0 Å². The van der Waals surface area contributed by atoms with Crippen molar-refractivity contribution in [3.05, 3.63) is 42.0 Å². The van der Waals surface area contributed by atoms with Crippen molar-refractivity contribution in [2.75, 3.05) is 6.54 Å². The van der Waals surface area contributed by atoms with E-state index in [1.807, 2.05) is 24.3 Å². The molecule has 0 aliphatic heterocycles. The number of benzene rings is 2. The minimum Gasteiger partial charge on any atom is -0.508 e. The molecule has 18 heavy (non-hydrogen) atoms. The first kappa shape index (κ1) is 12.4. The van der Waals surface area contributed by atoms with Crippen LogP contribution in [-0.2, 0) is 0 Å². The Hall–Kier alpha value is -2.03. The molecule has 0 spiro atoms. The van der Waals surface area contributed by atoms with Gasteiger partial charge in [-0.3, -0.25) is 4.79 Å². The van der Waals surface area contributed by atoms with Gasteiger partial charge in [-0.2, -0.15) is 0 Å². The molecule has 1 amide bonds. The molecular formula is C15H17NO2. The van der Waals surface area contributed by atoms with E-state index in [4.69, 9.17) is 0 Å². The monoisotopic (exact) mass is 243 g/mol. The van der Waals surface area contributed by atoms with E-state index in [1.165, 1.54) is 6.07 Å². The first-order valence-electron chi connectivity index (χ1n) is 6.22. The molecule has 94 valence electrons. The summed E-state index contributed by atoms with van der Waals surface area (Å²) in [6, 6.07) is 10.7. The van der Waals surface area contributed by atoms with Crippen LogP contribution in [0.5, 0.6) is 5.75 Å². The van der Waals surface area contributed by atoms with Gasteiger partial charge in [-0.25, -0.2) is 0 Å². The molecule has 0 bridgehead atoms. The van der Waals surface area contributed by atoms with Crippen molar-refractivity contribution in [1.82, 2.24) is 5.32 Å². The average Bonchev–Trinajstić information content (AvgIpc) is 2.38. The van der Waals surface area contributed by atoms with Crippen LogP contribution >= 0.6 is 0 Å². The van der Waals surface area contributed by atoms with Crippen LogP contribution in [-0.4, -0.2) is 17.6 Å². The molecule has 2 rings (SSSR count). The number of phenols is 1. The second kappa shape index (κ2) is 5.54. The molecule has 0 aromatic heterocycles. The summed E-state index contributed by atoms with van der Waals surface area (Å²) in [6.45, 7) is 2.75. The molecule has 3 heteroatoms. The van der Waals surface area contributed by atoms with E-state index in [0.29, 0.717) is 12.1 Å². The summed E-state index contributed by atoms with van der Waals surface area (Å²) in [5.41, 5.74) is 0.529. The zero-order chi connectivity index (χ0) is 13.0. The van der Waals surface area contributed by atoms with Crippen LogP contribution in [0.3, 0.4) is 0 Å². The highest BCUT2D eigenvalue weighted by atomic mass is 16.3. The maximum atomic E-state index is 12.1. The Kier molecular flexibility index (Phi) is 3.82. The third-order valence-electron chi connectivity index (χ3n) is 2.91. The minimum atomic E-state index is -0.129. The normalized spacial score (nSPS) is 10.5. The number of amides is 1. The second-order valence-corrected chi connectivity index (χ2v) is 4.32. The summed E-state index contributed by atoms with van der Waals surface area (Å²) in [6.07, 6.45) is 2.00. The lowest BCUT2D eigenvalue weighted by Crippen LogP contribution is -2.24. The maximum Gasteiger partial charge on any atom is 0.252 e. The lowest BCUT2D eigenvalue weighted by Gasteiger charge is -2.08. The number of nitrogens with one attached hydrogen (secondary N) is 1. The summed E-state index contributed by atoms with van der Waals surface area (Å²) < 4.78 is 0. The Morgan fingerprint density at radius 3 is 2.83 bits per heavy atom. The number of carbonyl (C=O) groups is 1. The molecule has 0 fully saturated rings. The van der Waals surface area contributed by atoms with Gasteiger partial charge in [0.1, 0.15) is 5.75 Å². The van der Waals surface area contributed by atoms with Crippen molar-refractivity contribution in [2.45, 2.75) is 19.8 Å². The largest absolute Gasteiger partial charge is 0.508 e. The molecule has 0 saturated carbocycles. The number of hydrogen-bond acceptors (Lipinski definition) is 2. The molecule has 0 heterocycles. The summed E-state index contributed by atoms with van der Waals surface area (Å²) in [5.74, 6) is -0.00936. The van der Waals surface area contributed by atoms with Gasteiger partial charge >= 0.3 is 0 Å². The molecule has 0 unspecified atom stereocenters. The van der Waals surface area contributed by atoms with E-state index in [0.717, 1.165) is 23.6 Å². The number of rotatable bonds is 4. The summed E-state index contributed by atoms with van der Waals surface area (Å²) in [7, 11) is 0. The Balaban J connectivity index is 2.34. The molecule has 0 aliphatic carbocycles. The van der Waals surface area contributed by atoms with E-state index < -0.39 is 0 Å². The van der Waals surface area contributed by atoms with Gasteiger partial charge in [-0.1, -0.05) is 37.6 Å². The summed E-state index contributed by atoms with van der Waals surface area (Å²) >= 11 is 0. The van der Waals surface area contributed by atoms with Crippen LogP contribution < -0.4 is 5.32 Å². The smallest absolute Gasteiger partial charge is 0.252 e. The third kappa shape index (κ3) is 2.62. The van der Waals surface area contributed by atoms with Gasteiger partial charge in [0.05, 0.1) is 5.56 Å². The molecule has 0 saturated heterocycles. The van der Waals surface area contributed by atoms with Crippen LogP contribution in [0.15, 0.2) is 36.4 Å². The van der Waals surface area contributed by atoms with Gasteiger partial charge in [0, 0.05) is 6.54 Å². The number of phenolic OH excluding ortho intramolecular Hbond substituents is 1. The van der Waals surface area contributed by atoms with Gasteiger partial charge in [0.25, 0.3) is 5.91 Å². The highest BCUT2D eigenvalue weighted by molar-refractivity contribution is 6.07. The second-order valence-electron chi connectivity index (χ2n) is 4.32. The van der Waals surface area contributed by atoms with Crippen LogP contribution in [0.25, 0.3) is 10.8 Å². The zero-order valence-corrected chi connectivity index (χ0v) is 10.4. The maximum absolute atomic E-state index is 12.1. The molecule has 2 N–H and O–H groups in total. The van der Waals surface area contributed by atoms with E-state index >= 15 is 0 Å². The van der Waals surface area contributed by atoms with Crippen LogP contribution in [0, 0.1) is 0 Å². The highest BCUT2D eigenvalue weighted by Gasteiger charge is 2.10. The first-order chi connectivity index (χ1) is 8.72. The lowest BCUT2D eigenvalue weighted by atomic mass is 10.0. The van der Waals surface area contributed by atoms with Crippen LogP contribution in [0.2, 0.25) is 0 Å². The molecular weight excluding hydrogens is 226 g/mol. The molecule has 0 atom stereocenters. The highest BCUT2D eigenvalue weighted by Crippen LogP contribution is 2.24. The SMILES string of the molecule is CCCCNC(=O)c1cc(O)cc2ccccc12. The number of aromatic hydroxyl groups is 1. The van der Waals surface area contributed by atoms with E-state index in [2.05, 4.69) is 12.2 Å². The van der Waals surface area contributed by atoms with Gasteiger partial charge < -0.3 is 10.4 Å². The Labute approximate surface area is 106 Å². The van der Waals surface area contributed by atoms with Gasteiger partial charge in [-0.05, 0) is 29.3 Å². The fourth-order valence-electron chi connectivity index (χ4n) is 1.96. The molecule has 3 nitrogen and oxygen atoms in total. The predicted octanol–water partition coefficient (Wildman–Crippen LogP) is 3.08. The predicted molar refractivity (Wildman–Crippen MR) is 72.9 cm³/mol. The van der Waals surface area contributed by atoms with Gasteiger partial charge in [0.2, 0.25) is 0 Å². The molecule has 2 aromatic carbocycles. The third-order valence-corrected chi connectivity index (χ3v) is 2.91. The number of carbonyl (C=O) groups excluding carboxylic acids is 1. The van der Waals surface area contributed by atoms with E-state index in [9.17, 15) is 9.90 Å². The van der Waals surface area contributed by atoms with Crippen molar-refractivity contribution in [3.8, 4) is 5.75 Å². The van der Waals surface area contributed by atoms with Gasteiger partial charge in [0.15, 0.2) is 0 Å². The van der Waals surface area contributed by atoms with Crippen molar-refractivity contribution in [1.29, 1.82) is 0 Å². The first-order valence-corrected chi connectivity index (χ1v) is 6.22. The van der Waals surface area contributed by atoms with E-state index in [-0.39, 0.29) is 11.7 Å². The Bertz CT molecular complexity index is 563. The standard InChI is InChI=1S/C15H17NO2/c1-2-3-8-16-15(18)14-10-12(17)9-11-6-4-5-7-13(11)14/h4-7,9-10,17H,2-3,8H2,1H3,(H,16,18). The van der Waals surface area contributed by atoms with E-state index in [1.54, 1.807) is 6.07 Å². The Morgan fingerprint density at radius 1 is 1.28 bits per heavy atom. The minimum absolute atomic E-state index is 0.120. The fourth-order valence-corrected chi connectivity index (χ4v) is 1.96. The molecule has 0 radical (unpaired) electrons. The van der Waals surface area contributed by atoms with Crippen molar-refractivity contribution >= 4 is 16.7 Å². The Morgan fingerprint density at radius 2 is 2.06 bits per heavy atom. The number of unbranched alkanes of at least 4 members (excludes halogenated alkanes) is 1. The van der Waals surface area contributed by atoms with Crippen LogP contribution in [0.1, 0.15) is 30.1 Å². The zero-order valence-electron chi connectivity index (χ0n) is 10.4. The van der Waals surface area contributed by atoms with Crippen LogP contribution in [0.4, 0.5) is 0 Å². The summed E-state index contributed by atoms with van der Waals surface area (Å²) in [5, 5.41) is 14.3. The van der Waals surface area contributed by atoms with Crippen molar-refractivity contribution in [3.63, 3.8) is 0 Å². The number of fused-ring (bicyclic) bond motifs is 1. The quantitative estimate of drug-likeness (QED) is 0.811. The van der Waals surface area contributed by atoms with Gasteiger partial charge in [-0.15, -0.1) is 0 Å². The molecule has 2 aromatic rings. The lowest BCUT2D eigenvalue weighted by molar-refractivity contribution is 0.0954. The van der Waals surface area contributed by atoms with Crippen molar-refractivity contribution < 1.29 is 9.90 Å². The average molecular weight is 243 g/mol. The summed E-state index contributed by atoms with van der Waals surface area (Å²) in [4.78, 5) is 12.1. The topological polar surface area (TPSA) is 49.3 Å². The number of hydrogen-bond donors (Lipinski definition) is 2. The molecule has 0 aliphatic rings. The fraction of sp³-hybridized carbons (Fsp3) is 0.267.